The maximum atomic E-state index is 16.5. The van der Waals surface area contributed by atoms with Crippen LogP contribution in [0.15, 0.2) is 67.0 Å². The van der Waals surface area contributed by atoms with Crippen LogP contribution in [0.25, 0.3) is 11.2 Å². The molecule has 2 aromatic carbocycles. The monoisotopic (exact) mass is 544 g/mol. The molecule has 0 N–H and O–H groups in total. The van der Waals surface area contributed by atoms with Crippen molar-refractivity contribution in [1.29, 1.82) is 0 Å². The van der Waals surface area contributed by atoms with Crippen molar-refractivity contribution in [3.63, 3.8) is 0 Å². The van der Waals surface area contributed by atoms with E-state index in [0.717, 1.165) is 0 Å². The topological polar surface area (TPSA) is 105 Å². The van der Waals surface area contributed by atoms with E-state index >= 15 is 4.39 Å². The first-order valence-electron chi connectivity index (χ1n) is 11.1. The Morgan fingerprint density at radius 3 is 2.30 bits per heavy atom. The summed E-state index contributed by atoms with van der Waals surface area (Å²) in [6.07, 6.45) is -2.73. The van der Waals surface area contributed by atoms with Crippen LogP contribution < -0.4 is 0 Å². The van der Waals surface area contributed by atoms with E-state index in [1.54, 1.807) is 60.7 Å². The van der Waals surface area contributed by atoms with Gasteiger partial charge in [-0.25, -0.2) is 23.9 Å². The van der Waals surface area contributed by atoms with Gasteiger partial charge in [0.25, 0.3) is 0 Å². The molecular weight excluding hydrogens is 526 g/mol. The molecule has 1 aliphatic heterocycles. The van der Waals surface area contributed by atoms with Gasteiger partial charge >= 0.3 is 11.9 Å². The summed E-state index contributed by atoms with van der Waals surface area (Å²) in [5.41, 5.74) is -1.48. The Kier molecular flexibility index (Phi) is 6.80. The molecule has 0 saturated carbocycles. The minimum absolute atomic E-state index is 0.0206. The highest BCUT2D eigenvalue weighted by atomic mass is 35.5. The Hall–Kier alpha value is -3.60. The normalized spacial score (nSPS) is 23.2. The molecule has 4 aromatic rings. The number of alkyl halides is 1. The smallest absolute Gasteiger partial charge is 0.338 e. The lowest BCUT2D eigenvalue weighted by atomic mass is 9.98. The molecule has 2 aromatic heterocycles. The first-order valence-corrected chi connectivity index (χ1v) is 11.9. The molecule has 0 bridgehead atoms. The molecule has 0 radical (unpaired) electrons. The third-order valence-electron chi connectivity index (χ3n) is 5.92. The highest BCUT2D eigenvalue weighted by Crippen LogP contribution is 2.44. The van der Waals surface area contributed by atoms with Gasteiger partial charge in [-0.1, -0.05) is 48.0 Å². The minimum atomic E-state index is -2.31. The van der Waals surface area contributed by atoms with Gasteiger partial charge in [0.05, 0.1) is 17.5 Å². The summed E-state index contributed by atoms with van der Waals surface area (Å²) in [6.45, 7) is 0.829. The number of imidazole rings is 1. The average Bonchev–Trinajstić information content (AvgIpc) is 3.41. The molecule has 0 amide bonds. The lowest BCUT2D eigenvalue weighted by Gasteiger charge is -2.27. The highest BCUT2D eigenvalue weighted by Gasteiger charge is 2.58. The molecule has 4 atom stereocenters. The molecule has 1 aliphatic rings. The van der Waals surface area contributed by atoms with Crippen LogP contribution in [0.2, 0.25) is 10.4 Å². The van der Waals surface area contributed by atoms with Gasteiger partial charge in [-0.15, -0.1) is 0 Å². The van der Waals surface area contributed by atoms with Gasteiger partial charge in [-0.3, -0.25) is 4.57 Å². The van der Waals surface area contributed by atoms with Gasteiger partial charge in [0.15, 0.2) is 28.8 Å². The van der Waals surface area contributed by atoms with E-state index in [-0.39, 0.29) is 33.8 Å². The van der Waals surface area contributed by atoms with E-state index in [0.29, 0.717) is 5.56 Å². The zero-order chi connectivity index (χ0) is 26.2. The van der Waals surface area contributed by atoms with Crippen molar-refractivity contribution >= 4 is 46.3 Å². The van der Waals surface area contributed by atoms with E-state index in [9.17, 15) is 9.59 Å². The number of halogens is 3. The van der Waals surface area contributed by atoms with Crippen molar-refractivity contribution in [1.82, 2.24) is 19.5 Å². The fraction of sp³-hybridized carbons (Fsp3) is 0.240. The van der Waals surface area contributed by atoms with Gasteiger partial charge in [-0.05, 0) is 42.8 Å². The summed E-state index contributed by atoms with van der Waals surface area (Å²) in [6, 6.07) is 16.4. The summed E-state index contributed by atoms with van der Waals surface area (Å²) in [4.78, 5) is 37.5. The fourth-order valence-electron chi connectivity index (χ4n) is 4.13. The van der Waals surface area contributed by atoms with Crippen LogP contribution in [0.1, 0.15) is 33.9 Å². The van der Waals surface area contributed by atoms with E-state index in [1.165, 1.54) is 17.8 Å². The number of hydrogen-bond acceptors (Lipinski definition) is 8. The van der Waals surface area contributed by atoms with Crippen molar-refractivity contribution in [2.75, 3.05) is 6.61 Å². The predicted octanol–water partition coefficient (Wildman–Crippen LogP) is 4.84. The molecule has 5 rings (SSSR count). The number of esters is 2. The third-order valence-corrected chi connectivity index (χ3v) is 6.35. The molecule has 9 nitrogen and oxygen atoms in total. The zero-order valence-electron chi connectivity index (χ0n) is 19.3. The molecule has 190 valence electrons. The SMILES string of the molecule is CC1(F)C(OC(=O)c2ccccc2)[C@@H](COC(=O)c2ccccc2)OC1n1cnc2c(Cl)nc(Cl)nc21. The fourth-order valence-corrected chi connectivity index (χ4v) is 4.55. The molecule has 0 aliphatic carbocycles. The van der Waals surface area contributed by atoms with E-state index in [2.05, 4.69) is 15.0 Å². The van der Waals surface area contributed by atoms with Gasteiger partial charge in [0, 0.05) is 0 Å². The molecule has 12 heteroatoms. The minimum Gasteiger partial charge on any atom is -0.459 e. The van der Waals surface area contributed by atoms with E-state index < -0.39 is 36.0 Å². The molecular formula is C25H19Cl2FN4O5. The van der Waals surface area contributed by atoms with Crippen molar-refractivity contribution in [2.45, 2.75) is 31.0 Å². The number of aromatic nitrogens is 4. The van der Waals surface area contributed by atoms with Crippen LogP contribution in [0.4, 0.5) is 4.39 Å². The number of nitrogens with zero attached hydrogens (tertiary/aromatic N) is 4. The standard InChI is InChI=1S/C25H19Cl2FN4O5/c1-25(28)18(37-22(34)15-10-6-3-7-11-15)16(12-35-21(33)14-8-4-2-5-9-14)36-23(25)32-13-29-17-19(26)30-24(27)31-20(17)32/h2-11,13,16,18,23H,12H2,1H3/t16-,18?,23?,25?/m1/s1. The van der Waals surface area contributed by atoms with E-state index in [4.69, 9.17) is 37.4 Å². The zero-order valence-corrected chi connectivity index (χ0v) is 20.8. The lowest BCUT2D eigenvalue weighted by molar-refractivity contribution is -0.0611. The number of rotatable bonds is 6. The van der Waals surface area contributed by atoms with Crippen LogP contribution in [0.5, 0.6) is 0 Å². The Balaban J connectivity index is 1.47. The van der Waals surface area contributed by atoms with Crippen LogP contribution in [-0.2, 0) is 14.2 Å². The molecule has 1 saturated heterocycles. The maximum absolute atomic E-state index is 16.5. The van der Waals surface area contributed by atoms with Crippen LogP contribution >= 0.6 is 23.2 Å². The Bertz CT molecular complexity index is 1450. The van der Waals surface area contributed by atoms with Crippen molar-refractivity contribution in [2.24, 2.45) is 0 Å². The van der Waals surface area contributed by atoms with E-state index in [1.807, 2.05) is 0 Å². The second-order valence-electron chi connectivity index (χ2n) is 8.44. The molecule has 1 fully saturated rings. The van der Waals surface area contributed by atoms with Crippen LogP contribution in [0, 0.1) is 0 Å². The van der Waals surface area contributed by atoms with Crippen molar-refractivity contribution in [3.8, 4) is 0 Å². The van der Waals surface area contributed by atoms with Gasteiger partial charge in [0.1, 0.15) is 18.2 Å². The quantitative estimate of drug-likeness (QED) is 0.193. The second kappa shape index (κ2) is 10.0. The number of ether oxygens (including phenoxy) is 3. The molecule has 37 heavy (non-hydrogen) atoms. The Labute approximate surface area is 220 Å². The predicted molar refractivity (Wildman–Crippen MR) is 131 cm³/mol. The molecule has 0 spiro atoms. The van der Waals surface area contributed by atoms with Crippen molar-refractivity contribution in [3.05, 3.63) is 88.6 Å². The summed E-state index contributed by atoms with van der Waals surface area (Å²) >= 11 is 12.1. The number of benzene rings is 2. The first-order chi connectivity index (χ1) is 17.8. The van der Waals surface area contributed by atoms with Crippen LogP contribution in [-0.4, -0.2) is 55.9 Å². The summed E-state index contributed by atoms with van der Waals surface area (Å²) in [5, 5.41) is -0.189. The molecule has 3 heterocycles. The van der Waals surface area contributed by atoms with Gasteiger partial charge in [0.2, 0.25) is 5.28 Å². The number of fused-ring (bicyclic) bond motifs is 1. The summed E-state index contributed by atoms with van der Waals surface area (Å²) in [7, 11) is 0. The van der Waals surface area contributed by atoms with Gasteiger partial charge < -0.3 is 14.2 Å². The van der Waals surface area contributed by atoms with Crippen molar-refractivity contribution < 1.29 is 28.2 Å². The Morgan fingerprint density at radius 2 is 1.65 bits per heavy atom. The van der Waals surface area contributed by atoms with Crippen LogP contribution in [0.3, 0.4) is 0 Å². The molecule has 3 unspecified atom stereocenters. The summed E-state index contributed by atoms with van der Waals surface area (Å²) < 4.78 is 34.8. The third kappa shape index (κ3) is 4.87. The summed E-state index contributed by atoms with van der Waals surface area (Å²) in [5.74, 6) is -1.40. The number of carbonyl (C=O) groups excluding carboxylic acids is 2. The van der Waals surface area contributed by atoms with Gasteiger partial charge in [-0.2, -0.15) is 4.98 Å². The highest BCUT2D eigenvalue weighted by molar-refractivity contribution is 6.35. The average molecular weight is 545 g/mol. The first kappa shape index (κ1) is 25.1. The largest absolute Gasteiger partial charge is 0.459 e. The maximum Gasteiger partial charge on any atom is 0.338 e. The lowest BCUT2D eigenvalue weighted by Crippen LogP contribution is -2.44. The Morgan fingerprint density at radius 1 is 1.03 bits per heavy atom. The second-order valence-corrected chi connectivity index (χ2v) is 9.14. The number of carbonyl (C=O) groups is 2. The number of hydrogen-bond donors (Lipinski definition) is 0.